The molecule has 1 aliphatic heterocycles. The second-order valence-corrected chi connectivity index (χ2v) is 3.96. The minimum absolute atomic E-state index is 0.891. The minimum Gasteiger partial charge on any atom is -0.313 e. The Balaban J connectivity index is 1.86. The molecule has 0 amide bonds. The lowest BCUT2D eigenvalue weighted by atomic mass is 9.82. The third-order valence-corrected chi connectivity index (χ3v) is 3.20. The number of hydrogen-bond acceptors (Lipinski definition) is 1. The summed E-state index contributed by atoms with van der Waals surface area (Å²) in [5.74, 6) is 1.99. The molecule has 2 unspecified atom stereocenters. The van der Waals surface area contributed by atoms with Crippen molar-refractivity contribution in [1.29, 1.82) is 0 Å². The molecule has 0 aromatic carbocycles. The van der Waals surface area contributed by atoms with E-state index < -0.39 is 0 Å². The van der Waals surface area contributed by atoms with Crippen LogP contribution in [0.5, 0.6) is 0 Å². The molecule has 0 spiro atoms. The van der Waals surface area contributed by atoms with Gasteiger partial charge >= 0.3 is 0 Å². The smallest absolute Gasteiger partial charge is 0.0133 e. The first-order valence-electron chi connectivity index (χ1n) is 4.61. The zero-order valence-electron chi connectivity index (χ0n) is 6.77. The lowest BCUT2D eigenvalue weighted by molar-refractivity contribution is 0.178. The highest BCUT2D eigenvalue weighted by Crippen LogP contribution is 2.33. The Morgan fingerprint density at radius 3 is 2.30 bits per heavy atom. The van der Waals surface area contributed by atoms with Gasteiger partial charge in [-0.1, -0.05) is 19.8 Å². The van der Waals surface area contributed by atoms with Gasteiger partial charge in [0.05, 0.1) is 0 Å². The van der Waals surface area contributed by atoms with Crippen LogP contribution in [-0.4, -0.2) is 12.6 Å². The van der Waals surface area contributed by atoms with Gasteiger partial charge in [0, 0.05) is 6.04 Å². The van der Waals surface area contributed by atoms with Crippen LogP contribution in [0, 0.1) is 11.8 Å². The summed E-state index contributed by atoms with van der Waals surface area (Å²) in [6.45, 7) is 3.64. The van der Waals surface area contributed by atoms with E-state index in [1.807, 2.05) is 0 Å². The second kappa shape index (κ2) is 2.54. The van der Waals surface area contributed by atoms with Crippen LogP contribution < -0.4 is 5.32 Å². The van der Waals surface area contributed by atoms with Crippen molar-refractivity contribution >= 4 is 0 Å². The van der Waals surface area contributed by atoms with E-state index in [1.54, 1.807) is 0 Å². The maximum Gasteiger partial charge on any atom is 0.0133 e. The number of rotatable bonds is 1. The summed E-state index contributed by atoms with van der Waals surface area (Å²) in [4.78, 5) is 0. The molecule has 2 atom stereocenters. The third kappa shape index (κ3) is 0.968. The van der Waals surface area contributed by atoms with E-state index >= 15 is 0 Å². The molecule has 1 N–H and O–H groups in total. The summed E-state index contributed by atoms with van der Waals surface area (Å²) in [6.07, 6.45) is 5.94. The molecule has 0 bridgehead atoms. The molecule has 2 fully saturated rings. The fraction of sp³-hybridized carbons (Fsp3) is 1.00. The summed E-state index contributed by atoms with van der Waals surface area (Å²) in [5.41, 5.74) is 0. The Morgan fingerprint density at radius 2 is 1.90 bits per heavy atom. The van der Waals surface area contributed by atoms with Crippen LogP contribution in [0.15, 0.2) is 0 Å². The van der Waals surface area contributed by atoms with Gasteiger partial charge in [-0.25, -0.2) is 0 Å². The van der Waals surface area contributed by atoms with E-state index in [-0.39, 0.29) is 0 Å². The zero-order chi connectivity index (χ0) is 6.97. The van der Waals surface area contributed by atoms with Gasteiger partial charge < -0.3 is 5.32 Å². The molecule has 58 valence electrons. The minimum atomic E-state index is 0.891. The Labute approximate surface area is 63.2 Å². The van der Waals surface area contributed by atoms with E-state index in [0.717, 1.165) is 17.9 Å². The van der Waals surface area contributed by atoms with Crippen molar-refractivity contribution in [3.8, 4) is 0 Å². The maximum absolute atomic E-state index is 3.54. The first-order chi connectivity index (χ1) is 4.88. The molecule has 2 rings (SSSR count). The standard InChI is InChI=1S/C9H17N/c1-7-6-10-9(7)8-4-2-3-5-8/h7-10H,2-6H2,1H3. The first-order valence-corrected chi connectivity index (χ1v) is 4.61. The molecule has 0 aromatic rings. The topological polar surface area (TPSA) is 12.0 Å². The Morgan fingerprint density at radius 1 is 1.20 bits per heavy atom. The van der Waals surface area contributed by atoms with Gasteiger partial charge in [0.1, 0.15) is 0 Å². The Bertz CT molecular complexity index is 116. The van der Waals surface area contributed by atoms with Crippen molar-refractivity contribution in [2.45, 2.75) is 38.6 Å². The van der Waals surface area contributed by atoms with E-state index in [0.29, 0.717) is 0 Å². The van der Waals surface area contributed by atoms with E-state index in [9.17, 15) is 0 Å². The molecule has 1 nitrogen and oxygen atoms in total. The van der Waals surface area contributed by atoms with E-state index in [4.69, 9.17) is 0 Å². The fourth-order valence-electron chi connectivity index (χ4n) is 2.44. The molecular weight excluding hydrogens is 122 g/mol. The maximum atomic E-state index is 3.54. The van der Waals surface area contributed by atoms with Crippen molar-refractivity contribution in [3.63, 3.8) is 0 Å². The molecule has 1 saturated heterocycles. The Hall–Kier alpha value is -0.0400. The summed E-state index contributed by atoms with van der Waals surface area (Å²) in [6, 6.07) is 0.891. The molecule has 1 saturated carbocycles. The van der Waals surface area contributed by atoms with E-state index in [1.165, 1.54) is 32.2 Å². The lowest BCUT2D eigenvalue weighted by Crippen LogP contribution is -2.54. The SMILES string of the molecule is CC1CNC1C1CCCC1. The van der Waals surface area contributed by atoms with E-state index in [2.05, 4.69) is 12.2 Å². The molecule has 0 radical (unpaired) electrons. The Kier molecular flexibility index (Phi) is 1.69. The summed E-state index contributed by atoms with van der Waals surface area (Å²) >= 11 is 0. The molecule has 10 heavy (non-hydrogen) atoms. The first kappa shape index (κ1) is 6.66. The summed E-state index contributed by atoms with van der Waals surface area (Å²) in [5, 5.41) is 3.54. The van der Waals surface area contributed by atoms with Crippen LogP contribution in [-0.2, 0) is 0 Å². The van der Waals surface area contributed by atoms with Crippen molar-refractivity contribution < 1.29 is 0 Å². The van der Waals surface area contributed by atoms with Crippen LogP contribution in [0.1, 0.15) is 32.6 Å². The quantitative estimate of drug-likeness (QED) is 0.584. The van der Waals surface area contributed by atoms with Gasteiger partial charge in [-0.05, 0) is 31.2 Å². The highest BCUT2D eigenvalue weighted by molar-refractivity contribution is 4.91. The van der Waals surface area contributed by atoms with Crippen LogP contribution in [0.3, 0.4) is 0 Å². The third-order valence-electron chi connectivity index (χ3n) is 3.20. The normalized spacial score (nSPS) is 41.7. The fourth-order valence-corrected chi connectivity index (χ4v) is 2.44. The lowest BCUT2D eigenvalue weighted by Gasteiger charge is -2.40. The monoisotopic (exact) mass is 139 g/mol. The van der Waals surface area contributed by atoms with Crippen molar-refractivity contribution in [1.82, 2.24) is 5.32 Å². The predicted molar refractivity (Wildman–Crippen MR) is 42.9 cm³/mol. The van der Waals surface area contributed by atoms with Crippen molar-refractivity contribution in [2.75, 3.05) is 6.54 Å². The van der Waals surface area contributed by atoms with Gasteiger partial charge in [-0.3, -0.25) is 0 Å². The highest BCUT2D eigenvalue weighted by atomic mass is 15.0. The number of hydrogen-bond donors (Lipinski definition) is 1. The van der Waals surface area contributed by atoms with Crippen molar-refractivity contribution in [3.05, 3.63) is 0 Å². The van der Waals surface area contributed by atoms with Crippen LogP contribution in [0.4, 0.5) is 0 Å². The molecule has 0 aromatic heterocycles. The molecule has 1 aliphatic carbocycles. The van der Waals surface area contributed by atoms with Gasteiger partial charge in [0.25, 0.3) is 0 Å². The molecular formula is C9H17N. The molecule has 1 heterocycles. The zero-order valence-corrected chi connectivity index (χ0v) is 6.77. The molecule has 2 aliphatic rings. The highest BCUT2D eigenvalue weighted by Gasteiger charge is 2.34. The number of nitrogens with one attached hydrogen (secondary N) is 1. The van der Waals surface area contributed by atoms with Crippen LogP contribution >= 0.6 is 0 Å². The molecule has 1 heteroatoms. The average Bonchev–Trinajstić information content (AvgIpc) is 2.37. The summed E-state index contributed by atoms with van der Waals surface area (Å²) in [7, 11) is 0. The average molecular weight is 139 g/mol. The van der Waals surface area contributed by atoms with Crippen LogP contribution in [0.25, 0.3) is 0 Å². The second-order valence-electron chi connectivity index (χ2n) is 3.96. The van der Waals surface area contributed by atoms with Gasteiger partial charge in [0.2, 0.25) is 0 Å². The van der Waals surface area contributed by atoms with Crippen molar-refractivity contribution in [2.24, 2.45) is 11.8 Å². The largest absolute Gasteiger partial charge is 0.313 e. The summed E-state index contributed by atoms with van der Waals surface area (Å²) < 4.78 is 0. The van der Waals surface area contributed by atoms with Gasteiger partial charge in [0.15, 0.2) is 0 Å². The predicted octanol–water partition coefficient (Wildman–Crippen LogP) is 1.78. The van der Waals surface area contributed by atoms with Gasteiger partial charge in [-0.2, -0.15) is 0 Å². The van der Waals surface area contributed by atoms with Crippen LogP contribution in [0.2, 0.25) is 0 Å². The van der Waals surface area contributed by atoms with Gasteiger partial charge in [-0.15, -0.1) is 0 Å².